The highest BCUT2D eigenvalue weighted by Gasteiger charge is 2.29. The van der Waals surface area contributed by atoms with E-state index < -0.39 is 20.2 Å². The molecule has 56 heavy (non-hydrogen) atoms. The maximum Gasteiger partial charge on any atom is 0.339 e. The molecule has 0 aromatic heterocycles. The summed E-state index contributed by atoms with van der Waals surface area (Å²) in [6.45, 7) is 0. The van der Waals surface area contributed by atoms with Crippen molar-refractivity contribution in [2.45, 2.75) is 9.79 Å². The van der Waals surface area contributed by atoms with Gasteiger partial charge in [-0.1, -0.05) is 133 Å². The maximum atomic E-state index is 13.5. The summed E-state index contributed by atoms with van der Waals surface area (Å²) in [4.78, 5) is 2.11. The zero-order valence-electron chi connectivity index (χ0n) is 30.2. The fourth-order valence-corrected chi connectivity index (χ4v) is 8.68. The van der Waals surface area contributed by atoms with Gasteiger partial charge in [-0.15, -0.1) is 0 Å². The van der Waals surface area contributed by atoms with Gasteiger partial charge in [-0.25, -0.2) is 0 Å². The molecule has 0 saturated carbocycles. The lowest BCUT2D eigenvalue weighted by Gasteiger charge is -2.30. The molecule has 276 valence electrons. The molecule has 0 fully saturated rings. The predicted octanol–water partition coefficient (Wildman–Crippen LogP) is 10.1. The molecule has 6 aromatic rings. The summed E-state index contributed by atoms with van der Waals surface area (Å²) in [6.07, 6.45) is 11.9. The summed E-state index contributed by atoms with van der Waals surface area (Å²) in [6, 6.07) is 46.6. The molecule has 9 heteroatoms. The molecule has 0 unspecified atom stereocenters. The minimum atomic E-state index is -4.20. The Balaban J connectivity index is 1.20. The second kappa shape index (κ2) is 15.2. The molecule has 0 amide bonds. The summed E-state index contributed by atoms with van der Waals surface area (Å²) in [7, 11) is -6.34. The van der Waals surface area contributed by atoms with Crippen LogP contribution in [0.2, 0.25) is 0 Å². The number of fused-ring (bicyclic) bond motifs is 3. The highest BCUT2D eigenvalue weighted by atomic mass is 32.2. The van der Waals surface area contributed by atoms with Crippen LogP contribution in [0.5, 0.6) is 11.5 Å². The number of hydrogen-bond acceptors (Lipinski definition) is 7. The van der Waals surface area contributed by atoms with Crippen molar-refractivity contribution in [3.63, 3.8) is 0 Å². The van der Waals surface area contributed by atoms with Crippen LogP contribution in [0.15, 0.2) is 210 Å². The largest absolute Gasteiger partial charge is 0.379 e. The molecule has 0 saturated heterocycles. The zero-order chi connectivity index (χ0) is 38.7. The van der Waals surface area contributed by atoms with Crippen LogP contribution in [0.25, 0.3) is 28.1 Å². The minimum Gasteiger partial charge on any atom is -0.379 e. The Morgan fingerprint density at radius 1 is 0.464 bits per heavy atom. The van der Waals surface area contributed by atoms with Gasteiger partial charge in [-0.2, -0.15) is 16.8 Å². The van der Waals surface area contributed by atoms with E-state index in [2.05, 4.69) is 48.4 Å². The average Bonchev–Trinajstić information content (AvgIpc) is 3.53. The normalized spacial score (nSPS) is 13.8. The van der Waals surface area contributed by atoms with Gasteiger partial charge in [-0.3, -0.25) is 0 Å². The molecule has 0 spiro atoms. The lowest BCUT2D eigenvalue weighted by molar-refractivity contribution is 0.484. The molecule has 0 atom stereocenters. The maximum absolute atomic E-state index is 13.5. The SMILES string of the molecule is CN1C(c2ccccc2)=CC(=C/C=C/C=C2c3cc(S(=O)(=O)Oc4ccccc4)ccc3-c3ccc(S(=O)(=O)Oc4ccccc4)cc32)C=C1c1ccccc1. The smallest absolute Gasteiger partial charge is 0.339 e. The van der Waals surface area contributed by atoms with Gasteiger partial charge in [0.1, 0.15) is 21.3 Å². The van der Waals surface area contributed by atoms with E-state index in [1.54, 1.807) is 84.9 Å². The van der Waals surface area contributed by atoms with E-state index in [1.165, 1.54) is 12.1 Å². The summed E-state index contributed by atoms with van der Waals surface area (Å²) < 4.78 is 64.8. The number of para-hydroxylation sites is 2. The van der Waals surface area contributed by atoms with Gasteiger partial charge in [0.2, 0.25) is 0 Å². The molecule has 1 heterocycles. The number of allylic oxidation sites excluding steroid dienone is 7. The fourth-order valence-electron chi connectivity index (χ4n) is 6.77. The van der Waals surface area contributed by atoms with Crippen molar-refractivity contribution in [2.24, 2.45) is 0 Å². The van der Waals surface area contributed by atoms with Crippen LogP contribution < -0.4 is 8.37 Å². The molecule has 0 N–H and O–H groups in total. The Labute approximate surface area is 327 Å². The van der Waals surface area contributed by atoms with Crippen LogP contribution in [0.3, 0.4) is 0 Å². The van der Waals surface area contributed by atoms with Gasteiger partial charge in [-0.05, 0) is 105 Å². The van der Waals surface area contributed by atoms with Crippen LogP contribution in [-0.4, -0.2) is 28.8 Å². The van der Waals surface area contributed by atoms with Crippen molar-refractivity contribution >= 4 is 37.2 Å². The molecule has 1 aliphatic heterocycles. The van der Waals surface area contributed by atoms with Gasteiger partial charge >= 0.3 is 20.2 Å². The second-order valence-electron chi connectivity index (χ2n) is 13.1. The van der Waals surface area contributed by atoms with Crippen LogP contribution in [0.1, 0.15) is 22.3 Å². The number of benzene rings is 6. The van der Waals surface area contributed by atoms with E-state index in [-0.39, 0.29) is 21.3 Å². The molecule has 7 nitrogen and oxygen atoms in total. The summed E-state index contributed by atoms with van der Waals surface area (Å²) in [5, 5.41) is 0. The van der Waals surface area contributed by atoms with Crippen LogP contribution >= 0.6 is 0 Å². The highest BCUT2D eigenvalue weighted by Crippen LogP contribution is 2.46. The first-order valence-electron chi connectivity index (χ1n) is 17.8. The Hall–Kier alpha value is -6.68. The van der Waals surface area contributed by atoms with Crippen molar-refractivity contribution in [1.82, 2.24) is 4.90 Å². The van der Waals surface area contributed by atoms with Crippen molar-refractivity contribution in [1.29, 1.82) is 0 Å². The Morgan fingerprint density at radius 2 is 0.857 bits per heavy atom. The fraction of sp³-hybridized carbons (Fsp3) is 0.0213. The monoisotopic (exact) mass is 773 g/mol. The standard InChI is InChI=1S/C47H35NO6S2/c1-48-46(35-17-6-2-7-18-35)30-34(31-47(48)36-19-8-3-9-20-36)16-14-15-25-41-44-32-39(55(49,50)53-37-21-10-4-11-22-37)26-28-42(44)43-29-27-40(33-45(41)43)56(51,52)54-38-23-12-5-13-24-38/h2-33H,1H3/b15-14+. The molecule has 0 bridgehead atoms. The summed E-state index contributed by atoms with van der Waals surface area (Å²) >= 11 is 0. The van der Waals surface area contributed by atoms with E-state index in [0.29, 0.717) is 16.7 Å². The number of hydrogen-bond donors (Lipinski definition) is 0. The van der Waals surface area contributed by atoms with Crippen molar-refractivity contribution in [3.05, 3.63) is 222 Å². The number of nitrogens with zero attached hydrogens (tertiary/aromatic N) is 1. The van der Waals surface area contributed by atoms with E-state index in [9.17, 15) is 16.8 Å². The van der Waals surface area contributed by atoms with Gasteiger partial charge in [0.15, 0.2) is 0 Å². The van der Waals surface area contributed by atoms with Gasteiger partial charge < -0.3 is 13.3 Å². The van der Waals surface area contributed by atoms with E-state index >= 15 is 0 Å². The quantitative estimate of drug-likeness (QED) is 0.128. The average molecular weight is 774 g/mol. The van der Waals surface area contributed by atoms with E-state index in [0.717, 1.165) is 39.2 Å². The molecule has 6 aromatic carbocycles. The third kappa shape index (κ3) is 7.50. The zero-order valence-corrected chi connectivity index (χ0v) is 31.8. The van der Waals surface area contributed by atoms with E-state index in [4.69, 9.17) is 8.37 Å². The molecular weight excluding hydrogens is 739 g/mol. The molecule has 2 aliphatic rings. The lowest BCUT2D eigenvalue weighted by atomic mass is 9.98. The predicted molar refractivity (Wildman–Crippen MR) is 221 cm³/mol. The summed E-state index contributed by atoms with van der Waals surface area (Å²) in [5.74, 6) is 0.387. The van der Waals surface area contributed by atoms with Crippen LogP contribution in [0, 0.1) is 0 Å². The van der Waals surface area contributed by atoms with Gasteiger partial charge in [0.25, 0.3) is 0 Å². The third-order valence-corrected chi connectivity index (χ3v) is 11.9. The second-order valence-corrected chi connectivity index (χ2v) is 16.2. The number of rotatable bonds is 10. The first-order valence-corrected chi connectivity index (χ1v) is 20.6. The molecule has 1 aliphatic carbocycles. The Morgan fingerprint density at radius 3 is 1.29 bits per heavy atom. The minimum absolute atomic E-state index is 0.0337. The van der Waals surface area contributed by atoms with Gasteiger partial charge in [0.05, 0.1) is 0 Å². The van der Waals surface area contributed by atoms with Gasteiger partial charge in [0, 0.05) is 18.4 Å². The van der Waals surface area contributed by atoms with Crippen molar-refractivity contribution in [2.75, 3.05) is 7.05 Å². The van der Waals surface area contributed by atoms with Crippen molar-refractivity contribution < 1.29 is 25.2 Å². The van der Waals surface area contributed by atoms with Crippen LogP contribution in [0.4, 0.5) is 0 Å². The molecule has 8 rings (SSSR count). The highest BCUT2D eigenvalue weighted by molar-refractivity contribution is 7.87. The Kier molecular flexibility index (Phi) is 9.87. The first kappa shape index (κ1) is 36.3. The summed E-state index contributed by atoms with van der Waals surface area (Å²) in [5.41, 5.74) is 8.60. The van der Waals surface area contributed by atoms with Crippen LogP contribution in [-0.2, 0) is 20.2 Å². The molecule has 0 radical (unpaired) electrons. The molecular formula is C47H35NO6S2. The topological polar surface area (TPSA) is 90.0 Å². The van der Waals surface area contributed by atoms with E-state index in [1.807, 2.05) is 60.7 Å². The third-order valence-electron chi connectivity index (χ3n) is 9.46. The first-order chi connectivity index (χ1) is 27.2. The Bertz CT molecular complexity index is 2630. The van der Waals surface area contributed by atoms with Crippen molar-refractivity contribution in [3.8, 4) is 22.6 Å². The lowest BCUT2D eigenvalue weighted by Crippen LogP contribution is -2.18.